The maximum absolute atomic E-state index is 11.8. The van der Waals surface area contributed by atoms with Crippen LogP contribution in [0.2, 0.25) is 0 Å². The highest BCUT2D eigenvalue weighted by molar-refractivity contribution is 5.79. The summed E-state index contributed by atoms with van der Waals surface area (Å²) in [6, 6.07) is 16.5. The second kappa shape index (κ2) is 9.96. The average molecular weight is 395 g/mol. The van der Waals surface area contributed by atoms with Gasteiger partial charge in [-0.3, -0.25) is 9.79 Å². The molecule has 0 spiro atoms. The second-order valence-electron chi connectivity index (χ2n) is 7.46. The second-order valence-corrected chi connectivity index (χ2v) is 7.46. The number of nitrogens with zero attached hydrogens (tertiary/aromatic N) is 2. The van der Waals surface area contributed by atoms with Crippen LogP contribution in [0, 0.1) is 6.92 Å². The zero-order chi connectivity index (χ0) is 20.6. The highest BCUT2D eigenvalue weighted by Crippen LogP contribution is 2.18. The third-order valence-electron chi connectivity index (χ3n) is 4.90. The molecule has 3 rings (SSSR count). The van der Waals surface area contributed by atoms with Gasteiger partial charge in [-0.05, 0) is 48.6 Å². The molecule has 6 heteroatoms. The smallest absolute Gasteiger partial charge is 0.258 e. The number of ether oxygens (including phenoxy) is 1. The van der Waals surface area contributed by atoms with Crippen LogP contribution in [0.1, 0.15) is 29.5 Å². The van der Waals surface area contributed by atoms with Crippen LogP contribution in [0.5, 0.6) is 5.75 Å². The van der Waals surface area contributed by atoms with Gasteiger partial charge >= 0.3 is 0 Å². The standard InChI is InChI=1S/C23H30N4O2/c1-17-7-4-5-9-19(17)15-27(3)23(24-2)25-14-18-8-6-10-21(13-18)29-16-22(28)26-20-11-12-20/h4-10,13,20H,11-12,14-16H2,1-3H3,(H,24,25)(H,26,28). The summed E-state index contributed by atoms with van der Waals surface area (Å²) in [5, 5.41) is 6.32. The van der Waals surface area contributed by atoms with Crippen LogP contribution >= 0.6 is 0 Å². The van der Waals surface area contributed by atoms with Crippen molar-refractivity contribution in [3.05, 3.63) is 65.2 Å². The Morgan fingerprint density at radius 1 is 1.21 bits per heavy atom. The molecule has 29 heavy (non-hydrogen) atoms. The summed E-state index contributed by atoms with van der Waals surface area (Å²) in [6.07, 6.45) is 2.15. The van der Waals surface area contributed by atoms with Gasteiger partial charge < -0.3 is 20.3 Å². The first-order chi connectivity index (χ1) is 14.0. The third-order valence-corrected chi connectivity index (χ3v) is 4.90. The van der Waals surface area contributed by atoms with E-state index < -0.39 is 0 Å². The van der Waals surface area contributed by atoms with Crippen molar-refractivity contribution in [2.75, 3.05) is 20.7 Å². The van der Waals surface area contributed by atoms with Crippen LogP contribution < -0.4 is 15.4 Å². The van der Waals surface area contributed by atoms with Crippen molar-refractivity contribution in [1.29, 1.82) is 0 Å². The number of aliphatic imine (C=N–C) groups is 1. The number of nitrogens with one attached hydrogen (secondary N) is 2. The van der Waals surface area contributed by atoms with E-state index in [-0.39, 0.29) is 12.5 Å². The summed E-state index contributed by atoms with van der Waals surface area (Å²) in [5.41, 5.74) is 3.61. The Hall–Kier alpha value is -3.02. The van der Waals surface area contributed by atoms with Gasteiger partial charge in [0.2, 0.25) is 0 Å². The molecule has 0 unspecified atom stereocenters. The maximum Gasteiger partial charge on any atom is 0.258 e. The lowest BCUT2D eigenvalue weighted by atomic mass is 10.1. The highest BCUT2D eigenvalue weighted by atomic mass is 16.5. The lowest BCUT2D eigenvalue weighted by Crippen LogP contribution is -2.38. The van der Waals surface area contributed by atoms with Crippen molar-refractivity contribution in [2.24, 2.45) is 4.99 Å². The summed E-state index contributed by atoms with van der Waals surface area (Å²) in [4.78, 5) is 18.3. The minimum atomic E-state index is -0.0609. The highest BCUT2D eigenvalue weighted by Gasteiger charge is 2.23. The van der Waals surface area contributed by atoms with Gasteiger partial charge in [-0.1, -0.05) is 36.4 Å². The lowest BCUT2D eigenvalue weighted by molar-refractivity contribution is -0.123. The number of guanidine groups is 1. The molecular weight excluding hydrogens is 364 g/mol. The minimum absolute atomic E-state index is 0.0498. The van der Waals surface area contributed by atoms with Crippen LogP contribution in [0.3, 0.4) is 0 Å². The van der Waals surface area contributed by atoms with E-state index >= 15 is 0 Å². The fraction of sp³-hybridized carbons (Fsp3) is 0.391. The summed E-state index contributed by atoms with van der Waals surface area (Å²) in [5.74, 6) is 1.45. The molecule has 1 saturated carbocycles. The number of amides is 1. The third kappa shape index (κ3) is 6.52. The Morgan fingerprint density at radius 3 is 2.72 bits per heavy atom. The molecule has 2 N–H and O–H groups in total. The molecule has 6 nitrogen and oxygen atoms in total. The Balaban J connectivity index is 1.51. The molecule has 0 bridgehead atoms. The van der Waals surface area contributed by atoms with Crippen molar-refractivity contribution >= 4 is 11.9 Å². The molecule has 1 aliphatic carbocycles. The summed E-state index contributed by atoms with van der Waals surface area (Å²) < 4.78 is 5.63. The first-order valence-corrected chi connectivity index (χ1v) is 10.0. The SMILES string of the molecule is CN=C(NCc1cccc(OCC(=O)NC2CC2)c1)N(C)Cc1ccccc1C. The van der Waals surface area contributed by atoms with Crippen LogP contribution in [0.15, 0.2) is 53.5 Å². The molecular formula is C23H30N4O2. The molecule has 0 heterocycles. The topological polar surface area (TPSA) is 66.0 Å². The molecule has 154 valence electrons. The quantitative estimate of drug-likeness (QED) is 0.534. The van der Waals surface area contributed by atoms with E-state index in [9.17, 15) is 4.79 Å². The summed E-state index contributed by atoms with van der Waals surface area (Å²) in [6.45, 7) is 3.58. The molecule has 0 radical (unpaired) electrons. The Kier molecular flexibility index (Phi) is 7.11. The van der Waals surface area contributed by atoms with Crippen molar-refractivity contribution in [3.8, 4) is 5.75 Å². The normalized spacial score (nSPS) is 13.7. The van der Waals surface area contributed by atoms with Gasteiger partial charge in [0.15, 0.2) is 12.6 Å². The number of hydrogen-bond acceptors (Lipinski definition) is 3. The summed E-state index contributed by atoms with van der Waals surface area (Å²) in [7, 11) is 3.81. The molecule has 2 aromatic rings. The fourth-order valence-corrected chi connectivity index (χ4v) is 3.07. The molecule has 2 aromatic carbocycles. The van der Waals surface area contributed by atoms with Crippen molar-refractivity contribution in [3.63, 3.8) is 0 Å². The van der Waals surface area contributed by atoms with Crippen molar-refractivity contribution in [2.45, 2.75) is 38.9 Å². The zero-order valence-corrected chi connectivity index (χ0v) is 17.4. The lowest BCUT2D eigenvalue weighted by Gasteiger charge is -2.23. The van der Waals surface area contributed by atoms with E-state index in [4.69, 9.17) is 4.74 Å². The number of aryl methyl sites for hydroxylation is 1. The van der Waals surface area contributed by atoms with E-state index in [0.717, 1.165) is 30.9 Å². The van der Waals surface area contributed by atoms with Crippen molar-refractivity contribution < 1.29 is 9.53 Å². The minimum Gasteiger partial charge on any atom is -0.484 e. The Labute approximate surface area is 173 Å². The van der Waals surface area contributed by atoms with E-state index in [1.54, 1.807) is 7.05 Å². The van der Waals surface area contributed by atoms with Gasteiger partial charge in [-0.25, -0.2) is 0 Å². The van der Waals surface area contributed by atoms with E-state index in [2.05, 4.69) is 51.7 Å². The van der Waals surface area contributed by atoms with Gasteiger partial charge in [0.1, 0.15) is 5.75 Å². The van der Waals surface area contributed by atoms with E-state index in [1.807, 2.05) is 31.3 Å². The number of benzene rings is 2. The van der Waals surface area contributed by atoms with Gasteiger partial charge in [-0.15, -0.1) is 0 Å². The first kappa shape index (κ1) is 20.7. The van der Waals surface area contributed by atoms with Crippen LogP contribution in [-0.4, -0.2) is 43.5 Å². The first-order valence-electron chi connectivity index (χ1n) is 10.0. The van der Waals surface area contributed by atoms with Gasteiger partial charge in [0.05, 0.1) is 0 Å². The predicted molar refractivity (Wildman–Crippen MR) is 116 cm³/mol. The van der Waals surface area contributed by atoms with Crippen molar-refractivity contribution in [1.82, 2.24) is 15.5 Å². The molecule has 1 amide bonds. The molecule has 0 atom stereocenters. The molecule has 0 aliphatic heterocycles. The maximum atomic E-state index is 11.8. The largest absolute Gasteiger partial charge is 0.484 e. The number of carbonyl (C=O) groups is 1. The van der Waals surface area contributed by atoms with E-state index in [1.165, 1.54) is 11.1 Å². The zero-order valence-electron chi connectivity index (χ0n) is 17.4. The monoisotopic (exact) mass is 394 g/mol. The van der Waals surface area contributed by atoms with Crippen LogP contribution in [0.25, 0.3) is 0 Å². The van der Waals surface area contributed by atoms with Crippen LogP contribution in [-0.2, 0) is 17.9 Å². The predicted octanol–water partition coefficient (Wildman–Crippen LogP) is 2.86. The number of rotatable bonds is 8. The fourth-order valence-electron chi connectivity index (χ4n) is 3.07. The van der Waals surface area contributed by atoms with E-state index in [0.29, 0.717) is 18.3 Å². The Bertz CT molecular complexity index is 861. The van der Waals surface area contributed by atoms with Crippen LogP contribution in [0.4, 0.5) is 0 Å². The molecule has 1 fully saturated rings. The number of carbonyl (C=O) groups excluding carboxylic acids is 1. The molecule has 1 aliphatic rings. The Morgan fingerprint density at radius 2 is 2.00 bits per heavy atom. The molecule has 0 saturated heterocycles. The molecule has 0 aromatic heterocycles. The van der Waals surface area contributed by atoms with Gasteiger partial charge in [-0.2, -0.15) is 0 Å². The summed E-state index contributed by atoms with van der Waals surface area (Å²) >= 11 is 0. The van der Waals surface area contributed by atoms with Gasteiger partial charge in [0.25, 0.3) is 5.91 Å². The van der Waals surface area contributed by atoms with Gasteiger partial charge in [0, 0.05) is 33.2 Å². The number of hydrogen-bond donors (Lipinski definition) is 2. The average Bonchev–Trinajstić information content (AvgIpc) is 3.53.